The average molecular weight is 475 g/mol. The predicted octanol–water partition coefficient (Wildman–Crippen LogP) is 4.90. The molecule has 0 bridgehead atoms. The summed E-state index contributed by atoms with van der Waals surface area (Å²) < 4.78 is 0. The van der Waals surface area contributed by atoms with Gasteiger partial charge in [0.2, 0.25) is 0 Å². The molecule has 4 heterocycles. The third-order valence-corrected chi connectivity index (χ3v) is 16.2. The van der Waals surface area contributed by atoms with Gasteiger partial charge in [-0.2, -0.15) is 23.5 Å². The number of hydrogen-bond acceptors (Lipinski definition) is 6. The number of hydrogen-bond donors (Lipinski definition) is 0. The predicted molar refractivity (Wildman–Crippen MR) is 128 cm³/mol. The largest absolute Gasteiger partial charge is 0.299 e. The number of ketones is 2. The zero-order chi connectivity index (χ0) is 19.7. The molecule has 4 aliphatic heterocycles. The van der Waals surface area contributed by atoms with Crippen LogP contribution in [0.2, 0.25) is 0 Å². The van der Waals surface area contributed by atoms with E-state index in [-0.39, 0.29) is 23.7 Å². The summed E-state index contributed by atoms with van der Waals surface area (Å²) in [7, 11) is 0. The van der Waals surface area contributed by atoms with E-state index in [1.807, 2.05) is 23.5 Å². The van der Waals surface area contributed by atoms with E-state index in [9.17, 15) is 9.59 Å². The summed E-state index contributed by atoms with van der Waals surface area (Å²) in [5, 5.41) is 7.38. The van der Waals surface area contributed by atoms with Gasteiger partial charge in [-0.05, 0) is 60.2 Å². The smallest absolute Gasteiger partial charge is 0.142 e. The van der Waals surface area contributed by atoms with Crippen LogP contribution in [0.15, 0.2) is 23.0 Å². The maximum atomic E-state index is 13.8. The Morgan fingerprint density at radius 3 is 1.50 bits per heavy atom. The molecule has 158 valence electrons. The highest BCUT2D eigenvalue weighted by Gasteiger charge is 2.71. The first-order valence-corrected chi connectivity index (χ1v) is 15.5. The molecular formula is C24H26O2S4. The number of carbonyl (C=O) groups is 2. The second-order valence-corrected chi connectivity index (χ2v) is 15.6. The van der Waals surface area contributed by atoms with Crippen molar-refractivity contribution in [2.24, 2.45) is 47.3 Å². The molecule has 30 heavy (non-hydrogen) atoms. The van der Waals surface area contributed by atoms with Crippen LogP contribution in [0.3, 0.4) is 0 Å². The van der Waals surface area contributed by atoms with E-state index in [1.165, 1.54) is 25.7 Å². The van der Waals surface area contributed by atoms with Crippen LogP contribution >= 0.6 is 47.0 Å². The van der Waals surface area contributed by atoms with E-state index in [0.717, 1.165) is 0 Å². The lowest BCUT2D eigenvalue weighted by Crippen LogP contribution is -2.40. The van der Waals surface area contributed by atoms with Gasteiger partial charge in [-0.25, -0.2) is 0 Å². The van der Waals surface area contributed by atoms with Gasteiger partial charge in [0.25, 0.3) is 0 Å². The Hall–Kier alpha value is 0.220. The topological polar surface area (TPSA) is 34.1 Å². The molecular weight excluding hydrogens is 449 g/mol. The number of allylic oxidation sites excluding steroid dienone is 2. The highest BCUT2D eigenvalue weighted by atomic mass is 32.2. The first kappa shape index (κ1) is 18.6. The van der Waals surface area contributed by atoms with Gasteiger partial charge >= 0.3 is 0 Å². The molecule has 0 aromatic heterocycles. The molecule has 0 aromatic carbocycles. The van der Waals surface area contributed by atoms with Gasteiger partial charge in [0.15, 0.2) is 0 Å². The van der Waals surface area contributed by atoms with Crippen LogP contribution in [0.4, 0.5) is 0 Å². The number of Topliss-reactive ketones (excluding diaryl/α,β-unsaturated/α-hetero) is 2. The second kappa shape index (κ2) is 6.42. The Morgan fingerprint density at radius 1 is 0.567 bits per heavy atom. The number of thioether (sulfide) groups is 4. The van der Waals surface area contributed by atoms with E-state index in [4.69, 9.17) is 0 Å². The SMILES string of the molecule is O=C1C2C(CCC3C=CSC32)C2SC3C(SC4C5CCC6C=CSC6C5C(=O)C43)C12. The highest BCUT2D eigenvalue weighted by Crippen LogP contribution is 2.69. The van der Waals surface area contributed by atoms with Crippen molar-refractivity contribution in [3.8, 4) is 0 Å². The van der Waals surface area contributed by atoms with Gasteiger partial charge in [-0.3, -0.25) is 9.59 Å². The van der Waals surface area contributed by atoms with Gasteiger partial charge in [0.1, 0.15) is 11.6 Å². The quantitative estimate of drug-likeness (QED) is 0.497. The molecule has 2 saturated heterocycles. The van der Waals surface area contributed by atoms with Crippen molar-refractivity contribution in [3.63, 3.8) is 0 Å². The minimum atomic E-state index is 0.232. The summed E-state index contributed by atoms with van der Waals surface area (Å²) in [6.07, 6.45) is 9.69. The van der Waals surface area contributed by atoms with E-state index in [1.54, 1.807) is 0 Å². The molecule has 6 heteroatoms. The van der Waals surface area contributed by atoms with Crippen molar-refractivity contribution in [2.45, 2.75) is 57.2 Å². The van der Waals surface area contributed by atoms with E-state index < -0.39 is 0 Å². The normalized spacial score (nSPS) is 61.5. The van der Waals surface area contributed by atoms with Crippen molar-refractivity contribution in [3.05, 3.63) is 23.0 Å². The van der Waals surface area contributed by atoms with Gasteiger partial charge in [-0.15, -0.1) is 23.5 Å². The van der Waals surface area contributed by atoms with E-state index in [0.29, 0.717) is 66.7 Å². The second-order valence-electron chi connectivity index (χ2n) is 10.7. The summed E-state index contributed by atoms with van der Waals surface area (Å²) in [6, 6.07) is 0. The van der Waals surface area contributed by atoms with Crippen LogP contribution < -0.4 is 0 Å². The average Bonchev–Trinajstić information content (AvgIpc) is 3.54. The molecule has 4 aliphatic carbocycles. The Bertz CT molecular complexity index is 828. The van der Waals surface area contributed by atoms with Crippen LogP contribution in [0, 0.1) is 47.3 Å². The molecule has 0 amide bonds. The van der Waals surface area contributed by atoms with Crippen molar-refractivity contribution in [2.75, 3.05) is 0 Å². The Labute approximate surface area is 195 Å². The molecule has 0 radical (unpaired) electrons. The summed E-state index contributed by atoms with van der Waals surface area (Å²) in [6.45, 7) is 0. The summed E-state index contributed by atoms with van der Waals surface area (Å²) in [5.41, 5.74) is 0. The van der Waals surface area contributed by atoms with E-state index >= 15 is 0 Å². The summed E-state index contributed by atoms with van der Waals surface area (Å²) >= 11 is 8.09. The molecule has 0 aromatic rings. The standard InChI is InChI=1S/C24H26O2S4/c25-17-13-11(3-1-9-5-7-27-19(9)13)21-15(17)23-24(29-21)16-18(26)14-12(22(16)30-23)4-2-10-6-8-28-20(10)14/h5-16,19-24H,1-4H2. The molecule has 2 nitrogen and oxygen atoms in total. The lowest BCUT2D eigenvalue weighted by atomic mass is 9.75. The molecule has 8 rings (SSSR count). The van der Waals surface area contributed by atoms with Gasteiger partial charge in [0.05, 0.1) is 0 Å². The Kier molecular flexibility index (Phi) is 3.98. The fraction of sp³-hybridized carbons (Fsp3) is 0.750. The van der Waals surface area contributed by atoms with Crippen molar-refractivity contribution in [1.29, 1.82) is 0 Å². The lowest BCUT2D eigenvalue weighted by Gasteiger charge is -2.36. The first-order valence-electron chi connectivity index (χ1n) is 11.7. The van der Waals surface area contributed by atoms with Crippen LogP contribution in [0.25, 0.3) is 0 Å². The van der Waals surface area contributed by atoms with Crippen molar-refractivity contribution < 1.29 is 9.59 Å². The Morgan fingerprint density at radius 2 is 1.03 bits per heavy atom. The number of fused-ring (bicyclic) bond motifs is 13. The summed E-state index contributed by atoms with van der Waals surface area (Å²) in [5.74, 6) is 4.62. The fourth-order valence-electron chi connectivity index (χ4n) is 8.68. The fourth-order valence-corrected chi connectivity index (χ4v) is 16.4. The molecule has 14 unspecified atom stereocenters. The maximum Gasteiger partial charge on any atom is 0.142 e. The van der Waals surface area contributed by atoms with Gasteiger partial charge < -0.3 is 0 Å². The van der Waals surface area contributed by atoms with Crippen LogP contribution in [0.1, 0.15) is 25.7 Å². The molecule has 6 fully saturated rings. The van der Waals surface area contributed by atoms with Crippen molar-refractivity contribution >= 4 is 58.6 Å². The minimum absolute atomic E-state index is 0.232. The molecule has 4 saturated carbocycles. The van der Waals surface area contributed by atoms with Gasteiger partial charge in [0, 0.05) is 55.2 Å². The maximum absolute atomic E-state index is 13.8. The number of carbonyl (C=O) groups excluding carboxylic acids is 2. The minimum Gasteiger partial charge on any atom is -0.299 e. The molecule has 0 N–H and O–H groups in total. The van der Waals surface area contributed by atoms with Crippen LogP contribution in [0.5, 0.6) is 0 Å². The summed E-state index contributed by atoms with van der Waals surface area (Å²) in [4.78, 5) is 27.6. The van der Waals surface area contributed by atoms with Crippen molar-refractivity contribution in [1.82, 2.24) is 0 Å². The number of rotatable bonds is 0. The van der Waals surface area contributed by atoms with Gasteiger partial charge in [-0.1, -0.05) is 12.2 Å². The molecule has 0 spiro atoms. The first-order chi connectivity index (χ1) is 14.7. The molecule has 14 atom stereocenters. The zero-order valence-corrected chi connectivity index (χ0v) is 19.9. The van der Waals surface area contributed by atoms with Crippen LogP contribution in [-0.4, -0.2) is 43.1 Å². The highest BCUT2D eigenvalue weighted by molar-refractivity contribution is 8.06. The third-order valence-electron chi connectivity index (χ3n) is 9.79. The van der Waals surface area contributed by atoms with E-state index in [2.05, 4.69) is 46.5 Å². The monoisotopic (exact) mass is 474 g/mol. The zero-order valence-electron chi connectivity index (χ0n) is 16.7. The molecule has 8 aliphatic rings. The lowest BCUT2D eigenvalue weighted by molar-refractivity contribution is -0.126. The Balaban J connectivity index is 1.10. The third kappa shape index (κ3) is 2.17. The van der Waals surface area contributed by atoms with Crippen LogP contribution in [-0.2, 0) is 9.59 Å².